The van der Waals surface area contributed by atoms with E-state index in [1.807, 2.05) is 19.9 Å². The SMILES string of the molecule is COCC(=O)NC(C)(C)/C=C/n1ncc(C(=O)N[C@H]2C3CC4CC2C[C@](OC(N)=O)(C4)C3)c1CC(C)C. The van der Waals surface area contributed by atoms with Crippen LogP contribution in [0.15, 0.2) is 12.3 Å². The molecule has 2 atom stereocenters. The molecule has 0 radical (unpaired) electrons. The van der Waals surface area contributed by atoms with Crippen molar-refractivity contribution in [2.75, 3.05) is 13.7 Å². The number of rotatable bonds is 10. The van der Waals surface area contributed by atoms with Crippen molar-refractivity contribution < 1.29 is 23.9 Å². The van der Waals surface area contributed by atoms with Crippen molar-refractivity contribution in [1.82, 2.24) is 20.4 Å². The number of ether oxygens (including phenoxy) is 2. The van der Waals surface area contributed by atoms with Crippen molar-refractivity contribution in [3.05, 3.63) is 23.5 Å². The Hall–Kier alpha value is -2.88. The van der Waals surface area contributed by atoms with Crippen molar-refractivity contribution in [1.29, 1.82) is 0 Å². The number of hydrogen-bond donors (Lipinski definition) is 3. The molecule has 204 valence electrons. The predicted molar refractivity (Wildman–Crippen MR) is 138 cm³/mol. The molecule has 0 aromatic carbocycles. The van der Waals surface area contributed by atoms with Crippen LogP contribution < -0.4 is 16.4 Å². The number of nitrogens with one attached hydrogen (secondary N) is 2. The summed E-state index contributed by atoms with van der Waals surface area (Å²) >= 11 is 0. The summed E-state index contributed by atoms with van der Waals surface area (Å²) in [5, 5.41) is 10.7. The van der Waals surface area contributed by atoms with Gasteiger partial charge in [0.2, 0.25) is 5.91 Å². The molecule has 4 bridgehead atoms. The van der Waals surface area contributed by atoms with E-state index in [2.05, 4.69) is 29.6 Å². The predicted octanol–water partition coefficient (Wildman–Crippen LogP) is 2.87. The number of carbonyl (C=O) groups excluding carboxylic acids is 3. The van der Waals surface area contributed by atoms with E-state index < -0.39 is 17.2 Å². The lowest BCUT2D eigenvalue weighted by molar-refractivity contribution is -0.137. The highest BCUT2D eigenvalue weighted by Crippen LogP contribution is 2.57. The number of carbonyl (C=O) groups is 3. The van der Waals surface area contributed by atoms with Crippen molar-refractivity contribution in [3.63, 3.8) is 0 Å². The molecule has 4 fully saturated rings. The van der Waals surface area contributed by atoms with Gasteiger partial charge >= 0.3 is 6.09 Å². The smallest absolute Gasteiger partial charge is 0.405 e. The second-order valence-electron chi connectivity index (χ2n) is 12.1. The first-order valence-corrected chi connectivity index (χ1v) is 13.3. The van der Waals surface area contributed by atoms with Gasteiger partial charge in [-0.25, -0.2) is 9.48 Å². The average molecular weight is 516 g/mol. The maximum atomic E-state index is 13.6. The van der Waals surface area contributed by atoms with Gasteiger partial charge in [-0.15, -0.1) is 0 Å². The van der Waals surface area contributed by atoms with E-state index in [1.54, 1.807) is 17.1 Å². The van der Waals surface area contributed by atoms with Crippen LogP contribution in [-0.4, -0.2) is 58.6 Å². The molecule has 10 nitrogen and oxygen atoms in total. The van der Waals surface area contributed by atoms with Crippen LogP contribution in [0.5, 0.6) is 0 Å². The number of methoxy groups -OCH3 is 1. The Labute approximate surface area is 218 Å². The monoisotopic (exact) mass is 515 g/mol. The second-order valence-corrected chi connectivity index (χ2v) is 12.1. The van der Waals surface area contributed by atoms with Gasteiger partial charge in [-0.1, -0.05) is 13.8 Å². The van der Waals surface area contributed by atoms with Crippen LogP contribution in [-0.2, 0) is 20.7 Å². The first-order chi connectivity index (χ1) is 17.4. The Kier molecular flexibility index (Phi) is 7.69. The summed E-state index contributed by atoms with van der Waals surface area (Å²) in [6.07, 6.45) is 9.71. The summed E-state index contributed by atoms with van der Waals surface area (Å²) in [4.78, 5) is 37.1. The number of aromatic nitrogens is 2. The number of hydrogen-bond acceptors (Lipinski definition) is 6. The third-order valence-corrected chi connectivity index (χ3v) is 7.95. The van der Waals surface area contributed by atoms with Crippen LogP contribution in [0.1, 0.15) is 75.9 Å². The third kappa shape index (κ3) is 6.17. The van der Waals surface area contributed by atoms with Gasteiger partial charge in [0.25, 0.3) is 5.91 Å². The van der Waals surface area contributed by atoms with Crippen LogP contribution in [0.3, 0.4) is 0 Å². The van der Waals surface area contributed by atoms with E-state index in [9.17, 15) is 14.4 Å². The summed E-state index contributed by atoms with van der Waals surface area (Å²) in [6.45, 7) is 7.97. The lowest BCUT2D eigenvalue weighted by Gasteiger charge is -2.58. The van der Waals surface area contributed by atoms with Crippen LogP contribution in [0.2, 0.25) is 0 Å². The van der Waals surface area contributed by atoms with Crippen molar-refractivity contribution in [2.45, 2.75) is 83.4 Å². The first kappa shape index (κ1) is 27.2. The normalized spacial score (nSPS) is 28.6. The molecular formula is C27H41N5O5. The highest BCUT2D eigenvalue weighted by Gasteiger charge is 2.57. The third-order valence-electron chi connectivity index (χ3n) is 7.95. The van der Waals surface area contributed by atoms with Crippen LogP contribution >= 0.6 is 0 Å². The van der Waals surface area contributed by atoms with Gasteiger partial charge < -0.3 is 25.8 Å². The molecule has 0 aliphatic heterocycles. The van der Waals surface area contributed by atoms with Gasteiger partial charge in [0.1, 0.15) is 12.2 Å². The lowest BCUT2D eigenvalue weighted by Crippen LogP contribution is -2.63. The minimum Gasteiger partial charge on any atom is -0.443 e. The van der Waals surface area contributed by atoms with E-state index in [-0.39, 0.29) is 36.3 Å². The average Bonchev–Trinajstić information content (AvgIpc) is 3.15. The van der Waals surface area contributed by atoms with Gasteiger partial charge in [0.05, 0.1) is 23.0 Å². The van der Waals surface area contributed by atoms with E-state index >= 15 is 0 Å². The standard InChI is InChI=1S/C27H41N5O5/c1-16(2)8-21-20(14-29-32(21)7-6-26(3,4)31-22(33)15-36-5)24(34)30-23-18-9-17-10-19(23)13-27(11-17,12-18)37-25(28)35/h6-7,14,16-19,23H,8-13,15H2,1-5H3,(H2,28,35)(H,30,34)(H,31,33)/b7-6+/t17?,18?,19?,23-,27-. The summed E-state index contributed by atoms with van der Waals surface area (Å²) in [6, 6.07) is 0.0503. The minimum absolute atomic E-state index is 0.0123. The summed E-state index contributed by atoms with van der Waals surface area (Å²) in [5.41, 5.74) is 5.69. The molecule has 5 rings (SSSR count). The van der Waals surface area contributed by atoms with E-state index in [4.69, 9.17) is 15.2 Å². The highest BCUT2D eigenvalue weighted by molar-refractivity contribution is 5.95. The minimum atomic E-state index is -0.706. The largest absolute Gasteiger partial charge is 0.443 e. The van der Waals surface area contributed by atoms with Gasteiger partial charge in [-0.05, 0) is 82.1 Å². The Bertz CT molecular complexity index is 1050. The molecule has 4 N–H and O–H groups in total. The molecule has 3 amide bonds. The van der Waals surface area contributed by atoms with Crippen molar-refractivity contribution in [2.24, 2.45) is 29.4 Å². The van der Waals surface area contributed by atoms with E-state index in [1.165, 1.54) is 7.11 Å². The van der Waals surface area contributed by atoms with Gasteiger partial charge in [-0.3, -0.25) is 9.59 Å². The second kappa shape index (κ2) is 10.5. The molecule has 10 heteroatoms. The van der Waals surface area contributed by atoms with Crippen LogP contribution in [0, 0.1) is 23.7 Å². The Morgan fingerprint density at radius 3 is 2.51 bits per heavy atom. The maximum Gasteiger partial charge on any atom is 0.405 e. The molecule has 1 heterocycles. The first-order valence-electron chi connectivity index (χ1n) is 13.3. The molecular weight excluding hydrogens is 474 g/mol. The Balaban J connectivity index is 1.50. The fraction of sp³-hybridized carbons (Fsp3) is 0.704. The molecule has 2 unspecified atom stereocenters. The van der Waals surface area contributed by atoms with Crippen LogP contribution in [0.25, 0.3) is 6.20 Å². The maximum absolute atomic E-state index is 13.6. The fourth-order valence-corrected chi connectivity index (χ4v) is 6.87. The number of nitrogens with two attached hydrogens (primary N) is 1. The number of primary amides is 1. The van der Waals surface area contributed by atoms with Crippen molar-refractivity contribution >= 4 is 24.1 Å². The zero-order valence-electron chi connectivity index (χ0n) is 22.6. The molecule has 37 heavy (non-hydrogen) atoms. The molecule has 0 spiro atoms. The molecule has 4 saturated carbocycles. The number of amides is 3. The summed E-state index contributed by atoms with van der Waals surface area (Å²) < 4.78 is 12.2. The lowest BCUT2D eigenvalue weighted by atomic mass is 9.52. The Morgan fingerprint density at radius 2 is 1.92 bits per heavy atom. The zero-order chi connectivity index (χ0) is 27.0. The molecule has 4 aliphatic carbocycles. The topological polar surface area (TPSA) is 138 Å². The number of nitrogens with zero attached hydrogens (tertiary/aromatic N) is 2. The van der Waals surface area contributed by atoms with E-state index in [0.717, 1.165) is 37.8 Å². The molecule has 1 aromatic rings. The van der Waals surface area contributed by atoms with Gasteiger partial charge in [0, 0.05) is 19.4 Å². The van der Waals surface area contributed by atoms with E-state index in [0.29, 0.717) is 23.8 Å². The quantitative estimate of drug-likeness (QED) is 0.438. The molecule has 0 saturated heterocycles. The zero-order valence-corrected chi connectivity index (χ0v) is 22.6. The molecule has 1 aromatic heterocycles. The summed E-state index contributed by atoms with van der Waals surface area (Å²) in [5.74, 6) is 1.05. The highest BCUT2D eigenvalue weighted by atomic mass is 16.6. The van der Waals surface area contributed by atoms with Crippen LogP contribution in [0.4, 0.5) is 4.79 Å². The molecule has 4 aliphatic rings. The summed E-state index contributed by atoms with van der Waals surface area (Å²) in [7, 11) is 1.48. The Morgan fingerprint density at radius 1 is 1.24 bits per heavy atom. The van der Waals surface area contributed by atoms with Crippen molar-refractivity contribution in [3.8, 4) is 0 Å². The van der Waals surface area contributed by atoms with Gasteiger partial charge in [-0.2, -0.15) is 5.10 Å². The fourth-order valence-electron chi connectivity index (χ4n) is 6.87. The van der Waals surface area contributed by atoms with Gasteiger partial charge in [0.15, 0.2) is 0 Å².